The molecule has 5 heterocycles. The van der Waals surface area contributed by atoms with Gasteiger partial charge in [-0.3, -0.25) is 9.88 Å². The highest BCUT2D eigenvalue weighted by Crippen LogP contribution is 2.32. The molecule has 5 rings (SSSR count). The van der Waals surface area contributed by atoms with Crippen LogP contribution in [0.5, 0.6) is 0 Å². The predicted octanol–water partition coefficient (Wildman–Crippen LogP) is 1.99. The zero-order valence-electron chi connectivity index (χ0n) is 13.2. The van der Waals surface area contributed by atoms with Crippen LogP contribution in [-0.4, -0.2) is 50.9 Å². The molecule has 0 saturated carbocycles. The lowest BCUT2D eigenvalue weighted by atomic mass is 9.79. The molecule has 0 unspecified atom stereocenters. The smallest absolute Gasteiger partial charge is 0.332 e. The third kappa shape index (κ3) is 2.63. The van der Waals surface area contributed by atoms with Gasteiger partial charge in [0, 0.05) is 41.8 Å². The summed E-state index contributed by atoms with van der Waals surface area (Å²) < 4.78 is 1.40. The lowest BCUT2D eigenvalue weighted by molar-refractivity contribution is 0.0266. The number of rotatable bonds is 2. The number of fused-ring (bicyclic) bond motifs is 3. The Morgan fingerprint density at radius 2 is 2.09 bits per heavy atom. The Kier molecular flexibility index (Phi) is 3.61. The summed E-state index contributed by atoms with van der Waals surface area (Å²) in [5.41, 5.74) is 1.86. The molecule has 3 fully saturated rings. The van der Waals surface area contributed by atoms with Crippen LogP contribution in [0.4, 0.5) is 4.79 Å². The molecule has 1 amide bonds. The molecular formula is C17H21N5O. The summed E-state index contributed by atoms with van der Waals surface area (Å²) in [5, 5.41) is 7.39. The molecule has 120 valence electrons. The van der Waals surface area contributed by atoms with Crippen molar-refractivity contribution in [3.8, 4) is 11.1 Å². The van der Waals surface area contributed by atoms with E-state index < -0.39 is 0 Å². The molecule has 6 nitrogen and oxygen atoms in total. The zero-order valence-corrected chi connectivity index (χ0v) is 13.2. The fraction of sp³-hybridized carbons (Fsp3) is 0.471. The molecule has 0 aliphatic carbocycles. The van der Waals surface area contributed by atoms with Crippen molar-refractivity contribution >= 4 is 6.03 Å². The van der Waals surface area contributed by atoms with E-state index in [9.17, 15) is 4.79 Å². The first-order valence-electron chi connectivity index (χ1n) is 8.22. The van der Waals surface area contributed by atoms with Gasteiger partial charge in [-0.25, -0.2) is 4.79 Å². The van der Waals surface area contributed by atoms with E-state index >= 15 is 0 Å². The standard InChI is InChI=1S/C17H21N5O/c1-12-16(13-4-7-21(12)8-5-13)20-17(23)22-11-15(10-19-22)14-3-2-6-18-9-14/h2-3,6,9-13,16H,4-5,7-8H2,1H3,(H,20,23)/t12-,16-/m0/s1. The van der Waals surface area contributed by atoms with Gasteiger partial charge in [-0.2, -0.15) is 9.78 Å². The topological polar surface area (TPSA) is 63.1 Å². The van der Waals surface area contributed by atoms with E-state index in [0.29, 0.717) is 12.0 Å². The molecule has 2 atom stereocenters. The Balaban J connectivity index is 1.49. The maximum Gasteiger partial charge on any atom is 0.342 e. The highest BCUT2D eigenvalue weighted by molar-refractivity contribution is 5.77. The first kappa shape index (κ1) is 14.4. The van der Waals surface area contributed by atoms with Crippen LogP contribution in [0.1, 0.15) is 19.8 Å². The van der Waals surface area contributed by atoms with Crippen molar-refractivity contribution in [1.82, 2.24) is 25.0 Å². The monoisotopic (exact) mass is 311 g/mol. The second-order valence-electron chi connectivity index (χ2n) is 6.50. The number of carbonyl (C=O) groups is 1. The van der Waals surface area contributed by atoms with Gasteiger partial charge in [0.25, 0.3) is 0 Å². The van der Waals surface area contributed by atoms with E-state index in [1.807, 2.05) is 12.1 Å². The van der Waals surface area contributed by atoms with Crippen LogP contribution < -0.4 is 5.32 Å². The minimum Gasteiger partial charge on any atom is -0.332 e. The first-order valence-corrected chi connectivity index (χ1v) is 8.22. The van der Waals surface area contributed by atoms with Crippen molar-refractivity contribution in [2.45, 2.75) is 31.8 Å². The Morgan fingerprint density at radius 3 is 2.78 bits per heavy atom. The van der Waals surface area contributed by atoms with Gasteiger partial charge >= 0.3 is 6.03 Å². The van der Waals surface area contributed by atoms with Crippen LogP contribution in [0.15, 0.2) is 36.9 Å². The molecule has 0 spiro atoms. The third-order valence-corrected chi connectivity index (χ3v) is 5.25. The number of pyridine rings is 1. The van der Waals surface area contributed by atoms with Gasteiger partial charge < -0.3 is 5.32 Å². The van der Waals surface area contributed by atoms with Gasteiger partial charge in [0.15, 0.2) is 0 Å². The second kappa shape index (κ2) is 5.77. The molecule has 6 heteroatoms. The average Bonchev–Trinajstić information content (AvgIpc) is 3.09. The van der Waals surface area contributed by atoms with E-state index in [4.69, 9.17) is 0 Å². The van der Waals surface area contributed by atoms with Crippen LogP contribution in [0.3, 0.4) is 0 Å². The minimum atomic E-state index is -0.147. The van der Waals surface area contributed by atoms with Crippen molar-refractivity contribution < 1.29 is 4.79 Å². The molecule has 3 saturated heterocycles. The van der Waals surface area contributed by atoms with Gasteiger partial charge in [0.2, 0.25) is 0 Å². The van der Waals surface area contributed by atoms with Gasteiger partial charge in [-0.15, -0.1) is 0 Å². The summed E-state index contributed by atoms with van der Waals surface area (Å²) in [6.45, 7) is 4.52. The lowest BCUT2D eigenvalue weighted by Crippen LogP contribution is -2.62. The summed E-state index contributed by atoms with van der Waals surface area (Å²) >= 11 is 0. The van der Waals surface area contributed by atoms with Crippen LogP contribution in [-0.2, 0) is 0 Å². The van der Waals surface area contributed by atoms with Crippen molar-refractivity contribution in [2.24, 2.45) is 5.92 Å². The maximum absolute atomic E-state index is 12.5. The molecule has 0 radical (unpaired) electrons. The van der Waals surface area contributed by atoms with Crippen LogP contribution in [0, 0.1) is 5.92 Å². The van der Waals surface area contributed by atoms with Gasteiger partial charge in [0.1, 0.15) is 0 Å². The maximum atomic E-state index is 12.5. The Bertz CT molecular complexity index is 688. The molecular weight excluding hydrogens is 290 g/mol. The fourth-order valence-electron chi connectivity index (χ4n) is 3.87. The molecule has 2 bridgehead atoms. The first-order chi connectivity index (χ1) is 11.2. The van der Waals surface area contributed by atoms with E-state index in [2.05, 4.69) is 27.2 Å². The molecule has 3 aliphatic rings. The number of hydrogen-bond acceptors (Lipinski definition) is 4. The number of piperidine rings is 3. The van der Waals surface area contributed by atoms with Crippen LogP contribution >= 0.6 is 0 Å². The summed E-state index contributed by atoms with van der Waals surface area (Å²) in [7, 11) is 0. The largest absolute Gasteiger partial charge is 0.342 e. The Labute approximate surface area is 135 Å². The van der Waals surface area contributed by atoms with Crippen molar-refractivity contribution in [3.05, 3.63) is 36.9 Å². The summed E-state index contributed by atoms with van der Waals surface area (Å²) in [5.74, 6) is 0.590. The third-order valence-electron chi connectivity index (χ3n) is 5.25. The number of hydrogen-bond donors (Lipinski definition) is 1. The minimum absolute atomic E-state index is 0.147. The van der Waals surface area contributed by atoms with Crippen LogP contribution in [0.25, 0.3) is 11.1 Å². The fourth-order valence-corrected chi connectivity index (χ4v) is 3.87. The summed E-state index contributed by atoms with van der Waals surface area (Å²) in [6, 6.07) is 4.31. The summed E-state index contributed by atoms with van der Waals surface area (Å²) in [6.07, 6.45) is 9.32. The number of nitrogens with one attached hydrogen (secondary N) is 1. The molecule has 2 aromatic heterocycles. The van der Waals surface area contributed by atoms with E-state index in [-0.39, 0.29) is 12.1 Å². The molecule has 23 heavy (non-hydrogen) atoms. The zero-order chi connectivity index (χ0) is 15.8. The van der Waals surface area contributed by atoms with Crippen molar-refractivity contribution in [1.29, 1.82) is 0 Å². The number of aromatic nitrogens is 3. The average molecular weight is 311 g/mol. The van der Waals surface area contributed by atoms with E-state index in [1.54, 1.807) is 24.8 Å². The normalized spacial score (nSPS) is 29.4. The quantitative estimate of drug-likeness (QED) is 0.921. The summed E-state index contributed by atoms with van der Waals surface area (Å²) in [4.78, 5) is 19.1. The SMILES string of the molecule is C[C@H]1[C@H](NC(=O)n2cc(-c3cccnc3)cn2)C2CCN1CC2. The lowest BCUT2D eigenvalue weighted by Gasteiger charge is -2.49. The number of carbonyl (C=O) groups excluding carboxylic acids is 1. The molecule has 1 N–H and O–H groups in total. The van der Waals surface area contributed by atoms with Gasteiger partial charge in [-0.05, 0) is 44.8 Å². The molecule has 2 aromatic rings. The van der Waals surface area contributed by atoms with E-state index in [0.717, 1.165) is 24.2 Å². The highest BCUT2D eigenvalue weighted by atomic mass is 16.2. The predicted molar refractivity (Wildman–Crippen MR) is 86.9 cm³/mol. The molecule has 3 aliphatic heterocycles. The number of amides is 1. The Morgan fingerprint density at radius 1 is 1.26 bits per heavy atom. The second-order valence-corrected chi connectivity index (χ2v) is 6.50. The molecule has 0 aromatic carbocycles. The van der Waals surface area contributed by atoms with Gasteiger partial charge in [0.05, 0.1) is 6.20 Å². The highest BCUT2D eigenvalue weighted by Gasteiger charge is 2.40. The van der Waals surface area contributed by atoms with Crippen LogP contribution in [0.2, 0.25) is 0 Å². The van der Waals surface area contributed by atoms with Gasteiger partial charge in [-0.1, -0.05) is 6.07 Å². The van der Waals surface area contributed by atoms with E-state index in [1.165, 1.54) is 17.5 Å². The Hall–Kier alpha value is -2.21. The number of nitrogens with zero attached hydrogens (tertiary/aromatic N) is 4. The van der Waals surface area contributed by atoms with Crippen molar-refractivity contribution in [2.75, 3.05) is 13.1 Å². The van der Waals surface area contributed by atoms with Crippen molar-refractivity contribution in [3.63, 3.8) is 0 Å².